The molecule has 8 heteroatoms. The number of amides is 2. The number of hydrogen-bond donors (Lipinski definition) is 3. The summed E-state index contributed by atoms with van der Waals surface area (Å²) in [7, 11) is 0. The van der Waals surface area contributed by atoms with Crippen LogP contribution in [-0.2, 0) is 0 Å². The average molecular weight is 365 g/mol. The lowest BCUT2D eigenvalue weighted by atomic mass is 10.1. The maximum absolute atomic E-state index is 13.2. The van der Waals surface area contributed by atoms with E-state index in [1.54, 1.807) is 18.3 Å². The molecule has 27 heavy (non-hydrogen) atoms. The highest BCUT2D eigenvalue weighted by Crippen LogP contribution is 2.25. The summed E-state index contributed by atoms with van der Waals surface area (Å²) in [6, 6.07) is 11.6. The predicted molar refractivity (Wildman–Crippen MR) is 98.3 cm³/mol. The third-order valence-corrected chi connectivity index (χ3v) is 3.95. The van der Waals surface area contributed by atoms with Gasteiger partial charge in [-0.05, 0) is 30.3 Å². The van der Waals surface area contributed by atoms with Crippen LogP contribution in [0.25, 0.3) is 22.3 Å². The fraction of sp³-hybridized carbons (Fsp3) is 0. The molecule has 0 aliphatic rings. The number of carbonyl (C=O) groups excluding carboxylic acids is 1. The minimum Gasteiger partial charge on any atom is -0.346 e. The van der Waals surface area contributed by atoms with Gasteiger partial charge < -0.3 is 15.6 Å². The summed E-state index contributed by atoms with van der Waals surface area (Å²) in [6.45, 7) is 0. The molecule has 6 nitrogen and oxygen atoms in total. The number of urea groups is 1. The molecule has 0 aliphatic carbocycles. The summed E-state index contributed by atoms with van der Waals surface area (Å²) in [4.78, 5) is 23.5. The zero-order valence-corrected chi connectivity index (χ0v) is 13.8. The molecule has 2 aromatic carbocycles. The first-order chi connectivity index (χ1) is 13.1. The molecule has 0 radical (unpaired) electrons. The predicted octanol–water partition coefficient (Wildman–Crippen LogP) is 4.55. The van der Waals surface area contributed by atoms with E-state index in [1.165, 1.54) is 12.4 Å². The fourth-order valence-corrected chi connectivity index (χ4v) is 2.68. The smallest absolute Gasteiger partial charge is 0.323 e. The molecule has 2 aromatic heterocycles. The van der Waals surface area contributed by atoms with Crippen molar-refractivity contribution in [3.8, 4) is 11.3 Å². The Labute approximate surface area is 152 Å². The van der Waals surface area contributed by atoms with Gasteiger partial charge in [0.1, 0.15) is 12.0 Å². The Morgan fingerprint density at radius 2 is 1.63 bits per heavy atom. The molecule has 0 saturated heterocycles. The monoisotopic (exact) mass is 365 g/mol. The molecule has 3 N–H and O–H groups in total. The highest BCUT2D eigenvalue weighted by molar-refractivity contribution is 6.00. The molecule has 0 bridgehead atoms. The molecule has 0 aliphatic heterocycles. The first kappa shape index (κ1) is 16.6. The normalized spacial score (nSPS) is 10.7. The zero-order valence-electron chi connectivity index (χ0n) is 13.8. The summed E-state index contributed by atoms with van der Waals surface area (Å²) in [6.07, 6.45) is 3.27. The maximum Gasteiger partial charge on any atom is 0.323 e. The van der Waals surface area contributed by atoms with Crippen LogP contribution in [0, 0.1) is 11.6 Å². The fourth-order valence-electron chi connectivity index (χ4n) is 2.68. The average Bonchev–Trinajstić information content (AvgIpc) is 3.14. The maximum atomic E-state index is 13.2. The Kier molecular flexibility index (Phi) is 4.21. The van der Waals surface area contributed by atoms with Crippen molar-refractivity contribution in [3.05, 3.63) is 72.7 Å². The highest BCUT2D eigenvalue weighted by Gasteiger charge is 2.09. The number of aromatic amines is 1. The Balaban J connectivity index is 1.48. The Morgan fingerprint density at radius 1 is 0.889 bits per heavy atom. The lowest BCUT2D eigenvalue weighted by Crippen LogP contribution is -2.19. The Morgan fingerprint density at radius 3 is 2.41 bits per heavy atom. The number of hydrogen-bond acceptors (Lipinski definition) is 3. The molecular weight excluding hydrogens is 352 g/mol. The van der Waals surface area contributed by atoms with Gasteiger partial charge in [-0.15, -0.1) is 0 Å². The second kappa shape index (κ2) is 6.83. The van der Waals surface area contributed by atoms with E-state index in [0.717, 1.165) is 34.4 Å². The van der Waals surface area contributed by atoms with Crippen molar-refractivity contribution in [1.82, 2.24) is 15.0 Å². The molecule has 0 spiro atoms. The quantitative estimate of drug-likeness (QED) is 0.498. The second-order valence-corrected chi connectivity index (χ2v) is 5.75. The largest absolute Gasteiger partial charge is 0.346 e. The zero-order chi connectivity index (χ0) is 18.8. The van der Waals surface area contributed by atoms with Crippen molar-refractivity contribution in [2.45, 2.75) is 0 Å². The summed E-state index contributed by atoms with van der Waals surface area (Å²) in [5.74, 6) is -2.00. The molecule has 2 amide bonds. The van der Waals surface area contributed by atoms with E-state index in [2.05, 4.69) is 25.6 Å². The van der Waals surface area contributed by atoms with Gasteiger partial charge in [-0.25, -0.2) is 23.5 Å². The van der Waals surface area contributed by atoms with Crippen LogP contribution >= 0.6 is 0 Å². The molecule has 2 heterocycles. The first-order valence-corrected chi connectivity index (χ1v) is 8.02. The van der Waals surface area contributed by atoms with Crippen molar-refractivity contribution in [2.75, 3.05) is 10.6 Å². The number of aromatic nitrogens is 3. The van der Waals surface area contributed by atoms with Gasteiger partial charge in [-0.1, -0.05) is 12.1 Å². The highest BCUT2D eigenvalue weighted by atomic mass is 19.2. The van der Waals surface area contributed by atoms with Crippen LogP contribution in [0.5, 0.6) is 0 Å². The Bertz CT molecular complexity index is 1120. The standard InChI is InChI=1S/C19H13F2N5O/c20-15-6-5-13(9-16(15)21)26-19(27)25-12-3-1-11(2-4-12)17-14-7-8-22-18(14)24-10-23-17/h1-10H,(H,22,23,24)(H2,25,26,27). The molecule has 4 rings (SSSR count). The van der Waals surface area contributed by atoms with Gasteiger partial charge in [0.05, 0.1) is 5.69 Å². The molecule has 134 valence electrons. The number of H-pyrrole nitrogens is 1. The number of benzene rings is 2. The number of fused-ring (bicyclic) bond motifs is 1. The summed E-state index contributed by atoms with van der Waals surface area (Å²) in [5, 5.41) is 5.97. The van der Waals surface area contributed by atoms with Crippen molar-refractivity contribution in [3.63, 3.8) is 0 Å². The van der Waals surface area contributed by atoms with Gasteiger partial charge in [0.15, 0.2) is 11.6 Å². The second-order valence-electron chi connectivity index (χ2n) is 5.75. The van der Waals surface area contributed by atoms with Gasteiger partial charge in [-0.2, -0.15) is 0 Å². The van der Waals surface area contributed by atoms with E-state index in [-0.39, 0.29) is 5.69 Å². The molecule has 0 atom stereocenters. The molecular formula is C19H13F2N5O. The van der Waals surface area contributed by atoms with Crippen molar-refractivity contribution >= 4 is 28.4 Å². The SMILES string of the molecule is O=C(Nc1ccc(-c2ncnc3[nH]ccc23)cc1)Nc1ccc(F)c(F)c1. The van der Waals surface area contributed by atoms with E-state index in [9.17, 15) is 13.6 Å². The summed E-state index contributed by atoms with van der Waals surface area (Å²) in [5.41, 5.74) is 3.08. The van der Waals surface area contributed by atoms with Crippen LogP contribution in [0.1, 0.15) is 0 Å². The van der Waals surface area contributed by atoms with E-state index in [0.29, 0.717) is 5.69 Å². The number of nitrogens with one attached hydrogen (secondary N) is 3. The Hall–Kier alpha value is -3.81. The molecule has 0 unspecified atom stereocenters. The van der Waals surface area contributed by atoms with Crippen molar-refractivity contribution in [2.24, 2.45) is 0 Å². The summed E-state index contributed by atoms with van der Waals surface area (Å²) < 4.78 is 26.1. The third-order valence-electron chi connectivity index (χ3n) is 3.95. The van der Waals surface area contributed by atoms with Crippen LogP contribution in [0.3, 0.4) is 0 Å². The molecule has 0 saturated carbocycles. The van der Waals surface area contributed by atoms with Crippen molar-refractivity contribution < 1.29 is 13.6 Å². The number of carbonyl (C=O) groups is 1. The summed E-state index contributed by atoms with van der Waals surface area (Å²) >= 11 is 0. The lowest BCUT2D eigenvalue weighted by Gasteiger charge is -2.09. The number of rotatable bonds is 3. The third kappa shape index (κ3) is 3.45. The first-order valence-electron chi connectivity index (χ1n) is 8.02. The van der Waals surface area contributed by atoms with Crippen LogP contribution in [0.2, 0.25) is 0 Å². The topological polar surface area (TPSA) is 82.7 Å². The number of nitrogens with zero attached hydrogens (tertiary/aromatic N) is 2. The van der Waals surface area contributed by atoms with Gasteiger partial charge >= 0.3 is 6.03 Å². The van der Waals surface area contributed by atoms with Crippen LogP contribution in [-0.4, -0.2) is 21.0 Å². The van der Waals surface area contributed by atoms with E-state index in [1.807, 2.05) is 18.2 Å². The van der Waals surface area contributed by atoms with Gasteiger partial charge in [0.2, 0.25) is 0 Å². The lowest BCUT2D eigenvalue weighted by molar-refractivity contribution is 0.262. The van der Waals surface area contributed by atoms with Gasteiger partial charge in [0.25, 0.3) is 0 Å². The van der Waals surface area contributed by atoms with E-state index < -0.39 is 17.7 Å². The van der Waals surface area contributed by atoms with Crippen LogP contribution < -0.4 is 10.6 Å². The van der Waals surface area contributed by atoms with Gasteiger partial charge in [0, 0.05) is 34.6 Å². The van der Waals surface area contributed by atoms with E-state index >= 15 is 0 Å². The van der Waals surface area contributed by atoms with Crippen LogP contribution in [0.4, 0.5) is 25.0 Å². The number of anilines is 2. The minimum absolute atomic E-state index is 0.152. The molecule has 0 fully saturated rings. The van der Waals surface area contributed by atoms with Crippen molar-refractivity contribution in [1.29, 1.82) is 0 Å². The molecule has 4 aromatic rings. The minimum atomic E-state index is -1.03. The number of halogens is 2. The van der Waals surface area contributed by atoms with Crippen LogP contribution in [0.15, 0.2) is 61.1 Å². The van der Waals surface area contributed by atoms with Gasteiger partial charge in [-0.3, -0.25) is 0 Å². The van der Waals surface area contributed by atoms with E-state index in [4.69, 9.17) is 0 Å².